The molecule has 0 bridgehead atoms. The van der Waals surface area contributed by atoms with Gasteiger partial charge in [0, 0.05) is 56.8 Å². The highest BCUT2D eigenvalue weighted by molar-refractivity contribution is 6.34. The molecule has 0 saturated carbocycles. The Morgan fingerprint density at radius 2 is 2.02 bits per heavy atom. The van der Waals surface area contributed by atoms with Gasteiger partial charge in [0.05, 0.1) is 52.5 Å². The fourth-order valence-corrected chi connectivity index (χ4v) is 8.22. The lowest BCUT2D eigenvalue weighted by Gasteiger charge is -2.33. The molecule has 276 valence electrons. The zero-order chi connectivity index (χ0) is 37.1. The van der Waals surface area contributed by atoms with Crippen LogP contribution in [0.1, 0.15) is 82.8 Å². The Balaban J connectivity index is 1.30. The quantitative estimate of drug-likeness (QED) is 0.151. The summed E-state index contributed by atoms with van der Waals surface area (Å²) >= 11 is 6.77. The van der Waals surface area contributed by atoms with E-state index in [2.05, 4.69) is 28.4 Å². The van der Waals surface area contributed by atoms with Crippen molar-refractivity contribution in [2.75, 3.05) is 51.0 Å². The molecule has 2 N–H and O–H groups in total. The smallest absolute Gasteiger partial charge is 0.418 e. The molecule has 6 heterocycles. The van der Waals surface area contributed by atoms with E-state index in [1.807, 2.05) is 4.90 Å². The van der Waals surface area contributed by atoms with Crippen molar-refractivity contribution in [3.63, 3.8) is 0 Å². The predicted octanol–water partition coefficient (Wildman–Crippen LogP) is 5.54. The molecule has 2 saturated heterocycles. The Morgan fingerprint density at radius 3 is 2.75 bits per heavy atom. The molecule has 1 amide bonds. The Labute approximate surface area is 303 Å². The number of carbonyl (C=O) groups excluding carboxylic acids is 1. The highest BCUT2D eigenvalue weighted by atomic mass is 35.5. The minimum absolute atomic E-state index is 0.0436. The number of benzene rings is 1. The number of hydrogen-bond donors (Lipinski definition) is 1. The fraction of sp³-hybridized carbons (Fsp3) is 0.500. The number of carbonyl (C=O) groups is 1. The molecule has 4 aliphatic rings. The van der Waals surface area contributed by atoms with Crippen LogP contribution in [0, 0.1) is 17.7 Å². The Bertz CT molecular complexity index is 2020. The lowest BCUT2D eigenvalue weighted by Crippen LogP contribution is -2.43. The summed E-state index contributed by atoms with van der Waals surface area (Å²) in [5.74, 6) is 3.80. The monoisotopic (exact) mass is 742 g/mol. The van der Waals surface area contributed by atoms with E-state index < -0.39 is 40.5 Å². The number of nitrogen functional groups attached to an aromatic ring is 1. The van der Waals surface area contributed by atoms with E-state index in [-0.39, 0.29) is 47.7 Å². The van der Waals surface area contributed by atoms with Gasteiger partial charge in [0.15, 0.2) is 11.5 Å². The van der Waals surface area contributed by atoms with Crippen molar-refractivity contribution in [3.05, 3.63) is 68.4 Å². The number of alkyl halides is 3. The highest BCUT2D eigenvalue weighted by Crippen LogP contribution is 2.45. The number of hydrogen-bond acceptors (Lipinski definition) is 9. The third-order valence-electron chi connectivity index (χ3n) is 10.3. The summed E-state index contributed by atoms with van der Waals surface area (Å²) in [6, 6.07) is 0.944. The summed E-state index contributed by atoms with van der Waals surface area (Å²) in [5, 5.41) is 4.73. The molecule has 2 aromatic heterocycles. The molecule has 0 aliphatic carbocycles. The lowest BCUT2D eigenvalue weighted by atomic mass is 9.91. The van der Waals surface area contributed by atoms with Crippen LogP contribution in [0.2, 0.25) is 5.02 Å². The van der Waals surface area contributed by atoms with E-state index >= 15 is 4.39 Å². The average molecular weight is 743 g/mol. The molecular formula is C36H39ClF4N8O3. The molecule has 52 heavy (non-hydrogen) atoms. The van der Waals surface area contributed by atoms with Crippen molar-refractivity contribution in [3.8, 4) is 17.9 Å². The van der Waals surface area contributed by atoms with Gasteiger partial charge in [0.2, 0.25) is 0 Å². The van der Waals surface area contributed by atoms with Gasteiger partial charge in [-0.3, -0.25) is 14.4 Å². The van der Waals surface area contributed by atoms with Crippen LogP contribution in [0.25, 0.3) is 0 Å². The first-order chi connectivity index (χ1) is 24.7. The van der Waals surface area contributed by atoms with Gasteiger partial charge in [-0.05, 0) is 45.2 Å². The molecule has 1 unspecified atom stereocenters. The number of amides is 1. The van der Waals surface area contributed by atoms with Gasteiger partial charge in [0.25, 0.3) is 5.91 Å². The second-order valence-corrected chi connectivity index (χ2v) is 14.4. The molecule has 4 aliphatic heterocycles. The van der Waals surface area contributed by atoms with Crippen molar-refractivity contribution in [2.24, 2.45) is 0 Å². The summed E-state index contributed by atoms with van der Waals surface area (Å²) in [6.07, 6.45) is -3.22. The van der Waals surface area contributed by atoms with Crippen LogP contribution in [0.4, 0.5) is 29.1 Å². The number of rotatable bonds is 6. The van der Waals surface area contributed by atoms with Crippen molar-refractivity contribution < 1.29 is 31.8 Å². The van der Waals surface area contributed by atoms with E-state index in [4.69, 9.17) is 36.8 Å². The van der Waals surface area contributed by atoms with Crippen LogP contribution >= 0.6 is 11.6 Å². The molecule has 2 atom stereocenters. The van der Waals surface area contributed by atoms with Crippen molar-refractivity contribution >= 4 is 29.0 Å². The van der Waals surface area contributed by atoms with Gasteiger partial charge in [-0.25, -0.2) is 4.39 Å². The first-order valence-corrected chi connectivity index (χ1v) is 17.5. The number of anilines is 2. The van der Waals surface area contributed by atoms with Gasteiger partial charge in [-0.15, -0.1) is 5.92 Å². The maximum atomic E-state index is 15.7. The van der Waals surface area contributed by atoms with Crippen LogP contribution in [-0.4, -0.2) is 81.3 Å². The summed E-state index contributed by atoms with van der Waals surface area (Å²) < 4.78 is 73.7. The van der Waals surface area contributed by atoms with Crippen LogP contribution in [0.15, 0.2) is 18.2 Å². The zero-order valence-electron chi connectivity index (χ0n) is 29.2. The SMILES string of the molecule is C=C1CN2CCC[C@@]2(COc2nc3c(c(N4CCCn5nc(C(=O)N(C)C)c(Cl)c5C4)n2)COC(c2c(F)c(N)cc(C#CC)c2C(F)(F)F)C3)C1. The van der Waals surface area contributed by atoms with Crippen LogP contribution in [-0.2, 0) is 37.0 Å². The molecule has 1 aromatic carbocycles. The number of ether oxygens (including phenoxy) is 2. The van der Waals surface area contributed by atoms with E-state index in [1.54, 1.807) is 18.8 Å². The minimum atomic E-state index is -4.95. The minimum Gasteiger partial charge on any atom is -0.461 e. The Hall–Kier alpha value is -4.39. The van der Waals surface area contributed by atoms with Crippen LogP contribution in [0.3, 0.4) is 0 Å². The Kier molecular flexibility index (Phi) is 9.37. The zero-order valence-corrected chi connectivity index (χ0v) is 29.9. The number of fused-ring (bicyclic) bond motifs is 3. The standard InChI is InChI=1S/C36H39ClF4N8O3/c1-5-8-21-13-23(42)30(38)27(28(21)36(39,40)41)26-14-24-22(18-51-26)32(44-34(43-24)52-19-35-9-6-11-48(35)16-20(2)15-35)47-10-7-12-49-25(17-47)29(37)31(45-49)33(50)46(3)4/h13,26H,2,6-7,9-12,14-19,42H2,1,3-4H3/t26?,35-/m0/s1. The third kappa shape index (κ3) is 6.34. The van der Waals surface area contributed by atoms with Gasteiger partial charge in [0.1, 0.15) is 12.4 Å². The van der Waals surface area contributed by atoms with E-state index in [1.165, 1.54) is 11.8 Å². The summed E-state index contributed by atoms with van der Waals surface area (Å²) in [4.78, 5) is 28.2. The van der Waals surface area contributed by atoms with Gasteiger partial charge in [-0.2, -0.15) is 28.2 Å². The number of nitrogens with zero attached hydrogens (tertiary/aromatic N) is 7. The number of aryl methyl sites for hydroxylation is 1. The van der Waals surface area contributed by atoms with E-state index in [0.717, 1.165) is 44.0 Å². The van der Waals surface area contributed by atoms with Gasteiger partial charge >= 0.3 is 12.2 Å². The molecule has 16 heteroatoms. The number of nitrogens with two attached hydrogens (primary N) is 1. The Morgan fingerprint density at radius 1 is 1.23 bits per heavy atom. The summed E-state index contributed by atoms with van der Waals surface area (Å²) in [7, 11) is 3.24. The van der Waals surface area contributed by atoms with Crippen molar-refractivity contribution in [1.82, 2.24) is 29.5 Å². The van der Waals surface area contributed by atoms with Gasteiger partial charge < -0.3 is 25.0 Å². The molecule has 2 fully saturated rings. The first kappa shape index (κ1) is 36.0. The predicted molar refractivity (Wildman–Crippen MR) is 185 cm³/mol. The normalized spacial score (nSPS) is 21.6. The molecule has 7 rings (SSSR count). The fourth-order valence-electron chi connectivity index (χ4n) is 7.94. The molecule has 11 nitrogen and oxygen atoms in total. The summed E-state index contributed by atoms with van der Waals surface area (Å²) in [5.41, 5.74) is 5.56. The van der Waals surface area contributed by atoms with Crippen molar-refractivity contribution in [1.29, 1.82) is 0 Å². The lowest BCUT2D eigenvalue weighted by molar-refractivity contribution is -0.140. The van der Waals surface area contributed by atoms with Crippen LogP contribution in [0.5, 0.6) is 6.01 Å². The highest BCUT2D eigenvalue weighted by Gasteiger charge is 2.47. The number of aromatic nitrogens is 4. The van der Waals surface area contributed by atoms with E-state index in [9.17, 15) is 18.0 Å². The molecular weight excluding hydrogens is 704 g/mol. The maximum Gasteiger partial charge on any atom is 0.418 e. The van der Waals surface area contributed by atoms with Crippen molar-refractivity contribution in [2.45, 2.75) is 76.5 Å². The maximum absolute atomic E-state index is 15.7. The first-order valence-electron chi connectivity index (χ1n) is 17.1. The third-order valence-corrected chi connectivity index (χ3v) is 10.7. The van der Waals surface area contributed by atoms with E-state index in [0.29, 0.717) is 48.9 Å². The second kappa shape index (κ2) is 13.5. The molecule has 0 spiro atoms. The molecule has 3 aromatic rings. The molecule has 0 radical (unpaired) electrons. The largest absolute Gasteiger partial charge is 0.461 e. The summed E-state index contributed by atoms with van der Waals surface area (Å²) in [6.45, 7) is 8.59. The van der Waals surface area contributed by atoms with Crippen LogP contribution < -0.4 is 15.4 Å². The second-order valence-electron chi connectivity index (χ2n) is 14.0. The topological polar surface area (TPSA) is 115 Å². The number of halogens is 5. The average Bonchev–Trinajstić information content (AvgIpc) is 3.66. The van der Waals surface area contributed by atoms with Gasteiger partial charge in [-0.1, -0.05) is 29.7 Å².